The second kappa shape index (κ2) is 6.87. The fourth-order valence-corrected chi connectivity index (χ4v) is 4.36. The molecule has 4 heterocycles. The maximum absolute atomic E-state index is 6.02. The second-order valence-electron chi connectivity index (χ2n) is 6.99. The van der Waals surface area contributed by atoms with Crippen LogP contribution in [0.4, 0.5) is 0 Å². The normalized spacial score (nSPS) is 15.7. The first-order valence-electron chi connectivity index (χ1n) is 9.20. The van der Waals surface area contributed by atoms with Crippen LogP contribution in [0, 0.1) is 0 Å². The Morgan fingerprint density at radius 1 is 1.30 bits per heavy atom. The van der Waals surface area contributed by atoms with E-state index in [4.69, 9.17) is 9.40 Å². The Morgan fingerprint density at radius 2 is 2.26 bits per heavy atom. The zero-order valence-corrected chi connectivity index (χ0v) is 15.9. The highest BCUT2D eigenvalue weighted by molar-refractivity contribution is 7.16. The summed E-state index contributed by atoms with van der Waals surface area (Å²) in [5, 5.41) is 0. The molecule has 27 heavy (non-hydrogen) atoms. The molecule has 1 aliphatic rings. The molecule has 1 atom stereocenters. The largest absolute Gasteiger partial charge is 0.445 e. The Morgan fingerprint density at radius 3 is 3.15 bits per heavy atom. The van der Waals surface area contributed by atoms with Gasteiger partial charge < -0.3 is 4.42 Å². The number of aromatic nitrogens is 3. The highest BCUT2D eigenvalue weighted by Gasteiger charge is 2.26. The van der Waals surface area contributed by atoms with Crippen molar-refractivity contribution in [2.24, 2.45) is 0 Å². The summed E-state index contributed by atoms with van der Waals surface area (Å²) in [5.74, 6) is 1.82. The van der Waals surface area contributed by atoms with E-state index in [-0.39, 0.29) is 0 Å². The van der Waals surface area contributed by atoms with Crippen LogP contribution in [0.1, 0.15) is 41.4 Å². The van der Waals surface area contributed by atoms with Crippen molar-refractivity contribution in [3.05, 3.63) is 76.7 Å². The van der Waals surface area contributed by atoms with Gasteiger partial charge in [0, 0.05) is 37.9 Å². The van der Waals surface area contributed by atoms with E-state index < -0.39 is 0 Å². The van der Waals surface area contributed by atoms with Crippen LogP contribution in [-0.4, -0.2) is 26.4 Å². The molecule has 0 spiro atoms. The third kappa shape index (κ3) is 3.26. The minimum Gasteiger partial charge on any atom is -0.445 e. The van der Waals surface area contributed by atoms with Gasteiger partial charge in [-0.3, -0.25) is 9.88 Å². The molecule has 0 fully saturated rings. The summed E-state index contributed by atoms with van der Waals surface area (Å²) in [5.41, 5.74) is 6.49. The Kier molecular flexibility index (Phi) is 4.22. The molecule has 0 saturated heterocycles. The van der Waals surface area contributed by atoms with Crippen LogP contribution >= 0.6 is 11.3 Å². The van der Waals surface area contributed by atoms with Crippen molar-refractivity contribution >= 4 is 21.6 Å². The topological polar surface area (TPSA) is 55.1 Å². The van der Waals surface area contributed by atoms with Crippen molar-refractivity contribution in [1.29, 1.82) is 0 Å². The van der Waals surface area contributed by atoms with Crippen LogP contribution in [0.5, 0.6) is 0 Å². The van der Waals surface area contributed by atoms with E-state index in [0.717, 1.165) is 47.9 Å². The molecule has 0 aliphatic carbocycles. The smallest absolute Gasteiger partial charge is 0.199 e. The summed E-state index contributed by atoms with van der Waals surface area (Å²) in [7, 11) is 0. The number of oxazole rings is 1. The van der Waals surface area contributed by atoms with Crippen molar-refractivity contribution in [3.8, 4) is 0 Å². The van der Waals surface area contributed by atoms with Gasteiger partial charge >= 0.3 is 0 Å². The lowest BCUT2D eigenvalue weighted by molar-refractivity contribution is 0.182. The maximum Gasteiger partial charge on any atom is 0.199 e. The van der Waals surface area contributed by atoms with E-state index in [9.17, 15) is 0 Å². The molecule has 0 saturated carbocycles. The Balaban J connectivity index is 1.34. The molecular weight excluding hydrogens is 356 g/mol. The Labute approximate surface area is 161 Å². The zero-order chi connectivity index (χ0) is 18.2. The lowest BCUT2D eigenvalue weighted by Crippen LogP contribution is -2.32. The number of hydrogen-bond acceptors (Lipinski definition) is 6. The summed E-state index contributed by atoms with van der Waals surface area (Å²) >= 11 is 1.69. The molecule has 5 nitrogen and oxygen atoms in total. The van der Waals surface area contributed by atoms with E-state index in [0.29, 0.717) is 12.5 Å². The number of thiazole rings is 1. The third-order valence-electron chi connectivity index (χ3n) is 5.26. The van der Waals surface area contributed by atoms with Gasteiger partial charge in [-0.1, -0.05) is 12.1 Å². The first-order chi connectivity index (χ1) is 13.3. The van der Waals surface area contributed by atoms with Gasteiger partial charge in [0.15, 0.2) is 5.89 Å². The number of hydrogen-bond donors (Lipinski definition) is 0. The van der Waals surface area contributed by atoms with Gasteiger partial charge in [-0.05, 0) is 36.2 Å². The van der Waals surface area contributed by atoms with Crippen molar-refractivity contribution in [1.82, 2.24) is 19.9 Å². The molecule has 1 unspecified atom stereocenters. The van der Waals surface area contributed by atoms with Crippen molar-refractivity contribution in [2.75, 3.05) is 6.54 Å². The zero-order valence-electron chi connectivity index (χ0n) is 15.1. The molecule has 0 radical (unpaired) electrons. The Bertz CT molecular complexity index is 1070. The van der Waals surface area contributed by atoms with Gasteiger partial charge in [0.05, 0.1) is 27.8 Å². The lowest BCUT2D eigenvalue weighted by Gasteiger charge is -2.31. The van der Waals surface area contributed by atoms with Crippen LogP contribution in [0.3, 0.4) is 0 Å². The van der Waals surface area contributed by atoms with Gasteiger partial charge in [-0.25, -0.2) is 9.97 Å². The minimum atomic E-state index is 0.322. The van der Waals surface area contributed by atoms with Crippen molar-refractivity contribution in [2.45, 2.75) is 32.4 Å². The summed E-state index contributed by atoms with van der Waals surface area (Å²) in [6.07, 6.45) is 5.24. The third-order valence-corrected chi connectivity index (χ3v) is 6.07. The van der Waals surface area contributed by atoms with Crippen LogP contribution in [0.2, 0.25) is 0 Å². The van der Waals surface area contributed by atoms with Crippen molar-refractivity contribution < 1.29 is 4.42 Å². The van der Waals surface area contributed by atoms with E-state index in [2.05, 4.69) is 46.1 Å². The monoisotopic (exact) mass is 376 g/mol. The first kappa shape index (κ1) is 16.6. The van der Waals surface area contributed by atoms with Crippen LogP contribution in [0.15, 0.2) is 52.7 Å². The predicted molar refractivity (Wildman–Crippen MR) is 106 cm³/mol. The molecule has 136 valence electrons. The van der Waals surface area contributed by atoms with Crippen LogP contribution in [0.25, 0.3) is 10.2 Å². The molecule has 5 rings (SSSR count). The average Bonchev–Trinajstić information content (AvgIpc) is 3.33. The molecule has 1 aliphatic heterocycles. The van der Waals surface area contributed by atoms with Crippen LogP contribution < -0.4 is 0 Å². The number of pyridine rings is 1. The molecule has 0 amide bonds. The number of fused-ring (bicyclic) bond motifs is 2. The summed E-state index contributed by atoms with van der Waals surface area (Å²) < 4.78 is 7.26. The van der Waals surface area contributed by atoms with Crippen LogP contribution in [-0.2, 0) is 19.4 Å². The van der Waals surface area contributed by atoms with E-state index in [1.54, 1.807) is 17.5 Å². The number of benzene rings is 1. The molecule has 1 aromatic carbocycles. The van der Waals surface area contributed by atoms with Gasteiger partial charge in [-0.15, -0.1) is 11.3 Å². The first-order valence-corrected chi connectivity index (χ1v) is 10.1. The fraction of sp³-hybridized carbons (Fsp3) is 0.286. The maximum atomic E-state index is 6.02. The highest BCUT2D eigenvalue weighted by atomic mass is 32.1. The van der Waals surface area contributed by atoms with Gasteiger partial charge in [-0.2, -0.15) is 0 Å². The standard InChI is InChI=1S/C21H20N4OS/c1-14(16-4-5-20-17(10-16)23-13-27-20)25-8-6-19-18(12-25)24-21(26-19)9-15-3-2-7-22-11-15/h2-5,7,10-11,13-14H,6,8-9,12H2,1H3. The minimum absolute atomic E-state index is 0.322. The molecule has 4 aromatic rings. The second-order valence-corrected chi connectivity index (χ2v) is 7.88. The van der Waals surface area contributed by atoms with E-state index in [1.807, 2.05) is 17.8 Å². The van der Waals surface area contributed by atoms with Gasteiger partial charge in [0.2, 0.25) is 0 Å². The highest BCUT2D eigenvalue weighted by Crippen LogP contribution is 2.30. The molecule has 6 heteroatoms. The molecular formula is C21H20N4OS. The average molecular weight is 376 g/mol. The van der Waals surface area contributed by atoms with E-state index >= 15 is 0 Å². The fourth-order valence-electron chi connectivity index (χ4n) is 3.70. The summed E-state index contributed by atoms with van der Waals surface area (Å²) in [6.45, 7) is 4.06. The quantitative estimate of drug-likeness (QED) is 0.529. The van der Waals surface area contributed by atoms with E-state index in [1.165, 1.54) is 10.3 Å². The molecule has 0 bridgehead atoms. The SMILES string of the molecule is CC(c1ccc2scnc2c1)N1CCc2oc(Cc3cccnc3)nc2C1. The lowest BCUT2D eigenvalue weighted by atomic mass is 10.0. The molecule has 3 aromatic heterocycles. The van der Waals surface area contributed by atoms with Gasteiger partial charge in [0.25, 0.3) is 0 Å². The number of rotatable bonds is 4. The van der Waals surface area contributed by atoms with Gasteiger partial charge in [0.1, 0.15) is 5.76 Å². The Hall–Kier alpha value is -2.57. The molecule has 0 N–H and O–H groups in total. The van der Waals surface area contributed by atoms with Crippen molar-refractivity contribution in [3.63, 3.8) is 0 Å². The summed E-state index contributed by atoms with van der Waals surface area (Å²) in [4.78, 5) is 15.9. The predicted octanol–water partition coefficient (Wildman–Crippen LogP) is 4.39. The summed E-state index contributed by atoms with van der Waals surface area (Å²) in [6, 6.07) is 10.9. The number of nitrogens with zero attached hydrogens (tertiary/aromatic N) is 4.